The highest BCUT2D eigenvalue weighted by Crippen LogP contribution is 2.13. The zero-order chi connectivity index (χ0) is 14.7. The fourth-order valence-electron chi connectivity index (χ4n) is 1.82. The van der Waals surface area contributed by atoms with Crippen LogP contribution in [0.5, 0.6) is 0 Å². The molecule has 1 aromatic carbocycles. The number of aryl methyl sites for hydroxylation is 1. The largest absolute Gasteiger partial charge is 0.390 e. The Labute approximate surface area is 120 Å². The van der Waals surface area contributed by atoms with Crippen LogP contribution in [-0.4, -0.2) is 30.2 Å². The first-order valence-electron chi connectivity index (χ1n) is 6.40. The predicted molar refractivity (Wildman–Crippen MR) is 73.6 cm³/mol. The molecule has 2 heterocycles. The average Bonchev–Trinajstić information content (AvgIpc) is 3.14. The monoisotopic (exact) mass is 286 g/mol. The van der Waals surface area contributed by atoms with E-state index in [1.54, 1.807) is 17.8 Å². The summed E-state index contributed by atoms with van der Waals surface area (Å²) in [6.45, 7) is 2.13. The summed E-state index contributed by atoms with van der Waals surface area (Å²) < 4.78 is 6.51. The van der Waals surface area contributed by atoms with Crippen LogP contribution in [0.15, 0.2) is 35.0 Å². The van der Waals surface area contributed by atoms with E-state index in [2.05, 4.69) is 25.8 Å². The van der Waals surface area contributed by atoms with Crippen LogP contribution in [0, 0.1) is 6.92 Å². The average molecular weight is 286 g/mol. The molecule has 3 aromatic rings. The number of hydrogen-bond acceptors (Lipinski definition) is 7. The Morgan fingerprint density at radius 1 is 1.29 bits per heavy atom. The normalized spacial score (nSPS) is 10.8. The summed E-state index contributed by atoms with van der Waals surface area (Å²) in [5.41, 5.74) is 2.33. The van der Waals surface area contributed by atoms with Crippen molar-refractivity contribution in [3.05, 3.63) is 47.9 Å². The maximum absolute atomic E-state index is 8.98. The van der Waals surface area contributed by atoms with Crippen molar-refractivity contribution in [2.24, 2.45) is 0 Å². The summed E-state index contributed by atoms with van der Waals surface area (Å²) in [6.07, 6.45) is 1.69. The van der Waals surface area contributed by atoms with Gasteiger partial charge in [-0.2, -0.15) is 4.98 Å². The second-order valence-electron chi connectivity index (χ2n) is 4.44. The third-order valence-corrected chi connectivity index (χ3v) is 2.85. The highest BCUT2D eigenvalue weighted by molar-refractivity contribution is 5.48. The molecule has 8 heteroatoms. The zero-order valence-electron chi connectivity index (χ0n) is 11.4. The van der Waals surface area contributed by atoms with E-state index in [-0.39, 0.29) is 6.61 Å². The summed E-state index contributed by atoms with van der Waals surface area (Å²) in [5, 5.41) is 23.8. The molecular formula is C13H14N6O2. The minimum atomic E-state index is -0.121. The molecule has 0 aliphatic heterocycles. The van der Waals surface area contributed by atoms with E-state index in [1.165, 1.54) is 0 Å². The first kappa shape index (κ1) is 13.3. The van der Waals surface area contributed by atoms with E-state index >= 15 is 0 Å². The van der Waals surface area contributed by atoms with Gasteiger partial charge in [0.2, 0.25) is 5.89 Å². The number of hydrogen-bond donors (Lipinski definition) is 2. The number of aromatic nitrogens is 5. The second-order valence-corrected chi connectivity index (χ2v) is 4.44. The lowest BCUT2D eigenvalue weighted by atomic mass is 10.3. The van der Waals surface area contributed by atoms with Gasteiger partial charge in [-0.05, 0) is 24.3 Å². The summed E-state index contributed by atoms with van der Waals surface area (Å²) in [5.74, 6) is 1.16. The van der Waals surface area contributed by atoms with Crippen LogP contribution < -0.4 is 5.32 Å². The van der Waals surface area contributed by atoms with Crippen LogP contribution in [0.1, 0.15) is 17.4 Å². The molecule has 8 nitrogen and oxygen atoms in total. The number of aliphatic hydroxyl groups is 1. The fraction of sp³-hybridized carbons (Fsp3) is 0.231. The van der Waals surface area contributed by atoms with E-state index in [0.29, 0.717) is 24.0 Å². The molecule has 0 saturated heterocycles. The molecule has 2 aromatic heterocycles. The summed E-state index contributed by atoms with van der Waals surface area (Å²) in [4.78, 5) is 4.12. The maximum Gasteiger partial charge on any atom is 0.223 e. The molecule has 3 rings (SSSR count). The zero-order valence-corrected chi connectivity index (χ0v) is 11.4. The van der Waals surface area contributed by atoms with Gasteiger partial charge < -0.3 is 14.9 Å². The first-order chi connectivity index (χ1) is 10.2. The van der Waals surface area contributed by atoms with Crippen molar-refractivity contribution in [1.29, 1.82) is 0 Å². The lowest BCUT2D eigenvalue weighted by molar-refractivity contribution is 0.276. The highest BCUT2D eigenvalue weighted by Gasteiger charge is 2.03. The van der Waals surface area contributed by atoms with Gasteiger partial charge in [-0.3, -0.25) is 0 Å². The lowest BCUT2D eigenvalue weighted by Gasteiger charge is -2.05. The molecule has 2 N–H and O–H groups in total. The van der Waals surface area contributed by atoms with Gasteiger partial charge in [0.25, 0.3) is 0 Å². The second kappa shape index (κ2) is 5.71. The Kier molecular flexibility index (Phi) is 3.61. The Hall–Kier alpha value is -2.74. The molecule has 0 bridgehead atoms. The standard InChI is InChI=1S/C13H14N6O2/c1-9-15-13(17-21-9)6-14-10-2-4-12(5-3-10)19-7-11(8-20)16-18-19/h2-5,7,14,20H,6,8H2,1H3. The first-order valence-corrected chi connectivity index (χ1v) is 6.40. The molecule has 21 heavy (non-hydrogen) atoms. The topological polar surface area (TPSA) is 102 Å². The molecule has 0 radical (unpaired) electrons. The van der Waals surface area contributed by atoms with Crippen LogP contribution >= 0.6 is 0 Å². The van der Waals surface area contributed by atoms with Gasteiger partial charge in [-0.1, -0.05) is 10.4 Å². The number of aliphatic hydroxyl groups excluding tert-OH is 1. The van der Waals surface area contributed by atoms with Gasteiger partial charge in [0, 0.05) is 12.6 Å². The van der Waals surface area contributed by atoms with Crippen molar-refractivity contribution in [2.75, 3.05) is 5.32 Å². The van der Waals surface area contributed by atoms with Gasteiger partial charge >= 0.3 is 0 Å². The van der Waals surface area contributed by atoms with Crippen LogP contribution in [0.4, 0.5) is 5.69 Å². The smallest absolute Gasteiger partial charge is 0.223 e. The molecule has 0 aliphatic rings. The Balaban J connectivity index is 1.66. The van der Waals surface area contributed by atoms with Crippen molar-refractivity contribution in [2.45, 2.75) is 20.1 Å². The summed E-state index contributed by atoms with van der Waals surface area (Å²) in [7, 11) is 0. The SMILES string of the molecule is Cc1nc(CNc2ccc(-n3cc(CO)nn3)cc2)no1. The Bertz CT molecular complexity index is 718. The van der Waals surface area contributed by atoms with Crippen LogP contribution in [0.3, 0.4) is 0 Å². The minimum absolute atomic E-state index is 0.121. The minimum Gasteiger partial charge on any atom is -0.390 e. The van der Waals surface area contributed by atoms with Gasteiger partial charge in [0.1, 0.15) is 5.69 Å². The fourth-order valence-corrected chi connectivity index (χ4v) is 1.82. The molecule has 0 atom stereocenters. The molecule has 0 unspecified atom stereocenters. The van der Waals surface area contributed by atoms with E-state index < -0.39 is 0 Å². The molecule has 0 fully saturated rings. The number of benzene rings is 1. The van der Waals surface area contributed by atoms with Gasteiger partial charge in [0.15, 0.2) is 5.82 Å². The molecule has 0 amide bonds. The Morgan fingerprint density at radius 2 is 2.10 bits per heavy atom. The van der Waals surface area contributed by atoms with Gasteiger partial charge in [-0.15, -0.1) is 5.10 Å². The predicted octanol–water partition coefficient (Wildman–Crippen LogP) is 1.06. The molecule has 0 saturated carbocycles. The summed E-state index contributed by atoms with van der Waals surface area (Å²) in [6, 6.07) is 7.64. The lowest BCUT2D eigenvalue weighted by Crippen LogP contribution is -2.02. The van der Waals surface area contributed by atoms with Crippen molar-refractivity contribution in [1.82, 2.24) is 25.1 Å². The van der Waals surface area contributed by atoms with Crippen LogP contribution in [0.25, 0.3) is 5.69 Å². The number of rotatable bonds is 5. The third kappa shape index (κ3) is 3.06. The van der Waals surface area contributed by atoms with Crippen LogP contribution in [-0.2, 0) is 13.2 Å². The van der Waals surface area contributed by atoms with E-state index in [9.17, 15) is 0 Å². The number of anilines is 1. The van der Waals surface area contributed by atoms with Crippen molar-refractivity contribution in [3.8, 4) is 5.69 Å². The molecule has 108 valence electrons. The van der Waals surface area contributed by atoms with Crippen molar-refractivity contribution < 1.29 is 9.63 Å². The van der Waals surface area contributed by atoms with E-state index in [0.717, 1.165) is 11.4 Å². The number of nitrogens with one attached hydrogen (secondary N) is 1. The molecule has 0 spiro atoms. The third-order valence-electron chi connectivity index (χ3n) is 2.85. The van der Waals surface area contributed by atoms with E-state index in [4.69, 9.17) is 9.63 Å². The van der Waals surface area contributed by atoms with Crippen molar-refractivity contribution in [3.63, 3.8) is 0 Å². The van der Waals surface area contributed by atoms with Crippen molar-refractivity contribution >= 4 is 5.69 Å². The molecular weight excluding hydrogens is 272 g/mol. The quantitative estimate of drug-likeness (QED) is 0.723. The Morgan fingerprint density at radius 3 is 2.71 bits per heavy atom. The van der Waals surface area contributed by atoms with Crippen LogP contribution in [0.2, 0.25) is 0 Å². The maximum atomic E-state index is 8.98. The molecule has 0 aliphatic carbocycles. The van der Waals surface area contributed by atoms with Gasteiger partial charge in [0.05, 0.1) is 25.0 Å². The summed E-state index contributed by atoms with van der Waals surface area (Å²) >= 11 is 0. The van der Waals surface area contributed by atoms with Gasteiger partial charge in [-0.25, -0.2) is 4.68 Å². The number of nitrogens with zero attached hydrogens (tertiary/aromatic N) is 5. The highest BCUT2D eigenvalue weighted by atomic mass is 16.5. The van der Waals surface area contributed by atoms with E-state index in [1.807, 2.05) is 24.3 Å².